The number of hydrogen-bond acceptors (Lipinski definition) is 4. The number of nitrogens with zero attached hydrogens (tertiary/aromatic N) is 4. The highest BCUT2D eigenvalue weighted by molar-refractivity contribution is 14.1. The van der Waals surface area contributed by atoms with Crippen molar-refractivity contribution in [2.24, 2.45) is 0 Å². The summed E-state index contributed by atoms with van der Waals surface area (Å²) in [6.07, 6.45) is -0.266. The van der Waals surface area contributed by atoms with Crippen LogP contribution in [0.1, 0.15) is 26.8 Å². The third-order valence-corrected chi connectivity index (χ3v) is 3.96. The molecule has 1 amide bonds. The smallest absolute Gasteiger partial charge is 0.410 e. The summed E-state index contributed by atoms with van der Waals surface area (Å²) in [5, 5.41) is 8.40. The van der Waals surface area contributed by atoms with Gasteiger partial charge in [-0.3, -0.25) is 0 Å². The van der Waals surface area contributed by atoms with Crippen molar-refractivity contribution in [3.8, 4) is 0 Å². The Morgan fingerprint density at radius 2 is 2.10 bits per heavy atom. The van der Waals surface area contributed by atoms with E-state index in [-0.39, 0.29) is 12.1 Å². The zero-order chi connectivity index (χ0) is 15.2. The first kappa shape index (κ1) is 14.6. The topological polar surface area (TPSA) is 60.2 Å². The van der Waals surface area contributed by atoms with E-state index in [0.29, 0.717) is 13.1 Å². The minimum Gasteiger partial charge on any atom is -0.444 e. The number of halogens is 1. The first-order valence-corrected chi connectivity index (χ1v) is 7.90. The van der Waals surface area contributed by atoms with Crippen LogP contribution in [0.2, 0.25) is 0 Å². The molecule has 0 saturated carbocycles. The zero-order valence-corrected chi connectivity index (χ0v) is 14.4. The number of carbonyl (C=O) groups is 1. The molecular weight excluding hydrogens is 383 g/mol. The van der Waals surface area contributed by atoms with E-state index in [1.807, 2.05) is 43.7 Å². The van der Waals surface area contributed by atoms with Crippen molar-refractivity contribution in [1.82, 2.24) is 19.9 Å². The maximum Gasteiger partial charge on any atom is 0.410 e. The molecular formula is C14H17IN4O2. The third kappa shape index (κ3) is 2.97. The van der Waals surface area contributed by atoms with Crippen LogP contribution in [-0.2, 0) is 4.74 Å². The van der Waals surface area contributed by atoms with E-state index in [4.69, 9.17) is 4.74 Å². The van der Waals surface area contributed by atoms with Crippen LogP contribution in [0, 0.1) is 3.57 Å². The number of amides is 1. The summed E-state index contributed by atoms with van der Waals surface area (Å²) in [4.78, 5) is 13.6. The van der Waals surface area contributed by atoms with Crippen molar-refractivity contribution in [1.29, 1.82) is 0 Å². The molecule has 0 radical (unpaired) electrons. The number of rotatable bonds is 1. The van der Waals surface area contributed by atoms with Crippen LogP contribution < -0.4 is 0 Å². The average Bonchev–Trinajstić information content (AvgIpc) is 2.67. The van der Waals surface area contributed by atoms with E-state index >= 15 is 0 Å². The Kier molecular flexibility index (Phi) is 3.54. The summed E-state index contributed by atoms with van der Waals surface area (Å²) in [6, 6.07) is 6.23. The average molecular weight is 400 g/mol. The van der Waals surface area contributed by atoms with E-state index < -0.39 is 5.60 Å². The van der Waals surface area contributed by atoms with E-state index in [9.17, 15) is 4.79 Å². The van der Waals surface area contributed by atoms with Gasteiger partial charge in [-0.1, -0.05) is 5.21 Å². The van der Waals surface area contributed by atoms with Gasteiger partial charge in [0.1, 0.15) is 11.1 Å². The van der Waals surface area contributed by atoms with Gasteiger partial charge in [-0.15, -0.1) is 5.10 Å². The highest BCUT2D eigenvalue weighted by atomic mass is 127. The molecule has 2 heterocycles. The van der Waals surface area contributed by atoms with Crippen molar-refractivity contribution in [2.75, 3.05) is 13.1 Å². The van der Waals surface area contributed by atoms with E-state index in [0.717, 1.165) is 14.6 Å². The second-order valence-electron chi connectivity index (χ2n) is 6.21. The number of benzene rings is 1. The second kappa shape index (κ2) is 5.11. The first-order chi connectivity index (χ1) is 9.83. The fourth-order valence-electron chi connectivity index (χ4n) is 2.27. The van der Waals surface area contributed by atoms with Crippen molar-refractivity contribution >= 4 is 39.7 Å². The molecule has 0 unspecified atom stereocenters. The fourth-order valence-corrected chi connectivity index (χ4v) is 2.74. The summed E-state index contributed by atoms with van der Waals surface area (Å²) in [7, 11) is 0. The molecule has 1 saturated heterocycles. The molecule has 21 heavy (non-hydrogen) atoms. The Labute approximate surface area is 136 Å². The molecule has 0 bridgehead atoms. The predicted octanol–water partition coefficient (Wildman–Crippen LogP) is 2.83. The van der Waals surface area contributed by atoms with Gasteiger partial charge in [0, 0.05) is 16.7 Å². The van der Waals surface area contributed by atoms with Crippen molar-refractivity contribution in [2.45, 2.75) is 32.4 Å². The fraction of sp³-hybridized carbons (Fsp3) is 0.500. The summed E-state index contributed by atoms with van der Waals surface area (Å²) in [6.45, 7) is 6.83. The van der Waals surface area contributed by atoms with E-state index in [2.05, 4.69) is 32.9 Å². The third-order valence-electron chi connectivity index (χ3n) is 3.29. The van der Waals surface area contributed by atoms with Crippen LogP contribution in [0.15, 0.2) is 18.2 Å². The molecule has 6 nitrogen and oxygen atoms in total. The van der Waals surface area contributed by atoms with Gasteiger partial charge in [-0.2, -0.15) is 0 Å². The highest BCUT2D eigenvalue weighted by Crippen LogP contribution is 2.26. The van der Waals surface area contributed by atoms with Gasteiger partial charge in [-0.25, -0.2) is 9.48 Å². The molecule has 1 aliphatic rings. The number of ether oxygens (including phenoxy) is 1. The molecule has 1 fully saturated rings. The lowest BCUT2D eigenvalue weighted by Crippen LogP contribution is -2.52. The van der Waals surface area contributed by atoms with Gasteiger partial charge in [0.15, 0.2) is 0 Å². The van der Waals surface area contributed by atoms with Crippen LogP contribution in [-0.4, -0.2) is 44.7 Å². The Bertz CT molecular complexity index is 686. The minimum atomic E-state index is -0.460. The van der Waals surface area contributed by atoms with Crippen molar-refractivity contribution in [3.05, 3.63) is 21.8 Å². The van der Waals surface area contributed by atoms with E-state index in [1.54, 1.807) is 4.90 Å². The number of fused-ring (bicyclic) bond motifs is 1. The Morgan fingerprint density at radius 3 is 2.76 bits per heavy atom. The predicted molar refractivity (Wildman–Crippen MR) is 87.1 cm³/mol. The van der Waals surface area contributed by atoms with Gasteiger partial charge < -0.3 is 9.64 Å². The monoisotopic (exact) mass is 400 g/mol. The SMILES string of the molecule is CC(C)(C)OC(=O)N1CC(n2nnc3cc(I)ccc32)C1. The molecule has 0 N–H and O–H groups in total. The number of likely N-dealkylation sites (tertiary alicyclic amines) is 1. The van der Waals surface area contributed by atoms with Crippen LogP contribution in [0.3, 0.4) is 0 Å². The van der Waals surface area contributed by atoms with Gasteiger partial charge in [0.2, 0.25) is 0 Å². The van der Waals surface area contributed by atoms with Crippen molar-refractivity contribution < 1.29 is 9.53 Å². The largest absolute Gasteiger partial charge is 0.444 e. The lowest BCUT2D eigenvalue weighted by atomic mass is 10.1. The lowest BCUT2D eigenvalue weighted by molar-refractivity contribution is -0.0000716. The normalized spacial score (nSPS) is 16.1. The summed E-state index contributed by atoms with van der Waals surface area (Å²) >= 11 is 2.26. The van der Waals surface area contributed by atoms with Gasteiger partial charge >= 0.3 is 6.09 Å². The molecule has 2 aromatic rings. The maximum atomic E-state index is 11.9. The van der Waals surface area contributed by atoms with Crippen LogP contribution >= 0.6 is 22.6 Å². The van der Waals surface area contributed by atoms with E-state index in [1.165, 1.54) is 0 Å². The minimum absolute atomic E-state index is 0.169. The van der Waals surface area contributed by atoms with Gasteiger partial charge in [0.25, 0.3) is 0 Å². The number of aromatic nitrogens is 3. The van der Waals surface area contributed by atoms with Crippen LogP contribution in [0.25, 0.3) is 11.0 Å². The lowest BCUT2D eigenvalue weighted by Gasteiger charge is -2.39. The number of hydrogen-bond donors (Lipinski definition) is 0. The molecule has 0 aliphatic carbocycles. The molecule has 7 heteroatoms. The van der Waals surface area contributed by atoms with Crippen LogP contribution in [0.4, 0.5) is 4.79 Å². The molecule has 1 aliphatic heterocycles. The quantitative estimate of drug-likeness (QED) is 0.691. The number of carbonyl (C=O) groups excluding carboxylic acids is 1. The van der Waals surface area contributed by atoms with Gasteiger partial charge in [0.05, 0.1) is 11.6 Å². The molecule has 1 aromatic heterocycles. The molecule has 0 spiro atoms. The first-order valence-electron chi connectivity index (χ1n) is 6.82. The zero-order valence-electron chi connectivity index (χ0n) is 12.2. The Balaban J connectivity index is 1.69. The molecule has 1 aromatic carbocycles. The summed E-state index contributed by atoms with van der Waals surface area (Å²) in [5.74, 6) is 0. The summed E-state index contributed by atoms with van der Waals surface area (Å²) in [5.41, 5.74) is 1.43. The Hall–Kier alpha value is -1.38. The highest BCUT2D eigenvalue weighted by Gasteiger charge is 2.36. The second-order valence-corrected chi connectivity index (χ2v) is 7.45. The van der Waals surface area contributed by atoms with Crippen molar-refractivity contribution in [3.63, 3.8) is 0 Å². The standard InChI is InChI=1S/C14H17IN4O2/c1-14(2,3)21-13(20)18-7-10(8-18)19-12-5-4-9(15)6-11(12)16-17-19/h4-6,10H,7-8H2,1-3H3. The van der Waals surface area contributed by atoms with Crippen LogP contribution in [0.5, 0.6) is 0 Å². The summed E-state index contributed by atoms with van der Waals surface area (Å²) < 4.78 is 8.38. The molecule has 3 rings (SSSR count). The van der Waals surface area contributed by atoms with Gasteiger partial charge in [-0.05, 0) is 61.6 Å². The Morgan fingerprint density at radius 1 is 1.38 bits per heavy atom. The molecule has 0 atom stereocenters. The molecule has 112 valence electrons. The maximum absolute atomic E-state index is 11.9.